The minimum atomic E-state index is 0.343. The zero-order valence-electron chi connectivity index (χ0n) is 9.99. The zero-order chi connectivity index (χ0) is 11.0. The lowest BCUT2D eigenvalue weighted by Crippen LogP contribution is -2.31. The van der Waals surface area contributed by atoms with Crippen LogP contribution in [0.5, 0.6) is 0 Å². The molecule has 0 unspecified atom stereocenters. The molecule has 0 aromatic heterocycles. The summed E-state index contributed by atoms with van der Waals surface area (Å²) in [7, 11) is 0. The fourth-order valence-electron chi connectivity index (χ4n) is 3.73. The van der Waals surface area contributed by atoms with E-state index < -0.39 is 0 Å². The van der Waals surface area contributed by atoms with Gasteiger partial charge in [0.1, 0.15) is 5.78 Å². The van der Waals surface area contributed by atoms with Crippen LogP contribution in [0.1, 0.15) is 57.8 Å². The number of fused-ring (bicyclic) bond motifs is 3. The summed E-state index contributed by atoms with van der Waals surface area (Å²) in [6.07, 6.45) is 11.6. The highest BCUT2D eigenvalue weighted by atomic mass is 16.6. The third-order valence-corrected chi connectivity index (χ3v) is 4.69. The van der Waals surface area contributed by atoms with E-state index in [9.17, 15) is 4.79 Å². The van der Waals surface area contributed by atoms with Gasteiger partial charge in [-0.05, 0) is 31.6 Å². The Morgan fingerprint density at radius 3 is 2.62 bits per heavy atom. The predicted molar refractivity (Wildman–Crippen MR) is 62.2 cm³/mol. The van der Waals surface area contributed by atoms with Crippen molar-refractivity contribution < 1.29 is 9.53 Å². The van der Waals surface area contributed by atoms with Crippen LogP contribution in [0.25, 0.3) is 0 Å². The lowest BCUT2D eigenvalue weighted by atomic mass is 9.74. The molecule has 4 atom stereocenters. The average molecular weight is 222 g/mol. The summed E-state index contributed by atoms with van der Waals surface area (Å²) in [4.78, 5) is 12.2. The van der Waals surface area contributed by atoms with Gasteiger partial charge < -0.3 is 4.74 Å². The van der Waals surface area contributed by atoms with Crippen molar-refractivity contribution in [1.29, 1.82) is 0 Å². The Labute approximate surface area is 97.7 Å². The summed E-state index contributed by atoms with van der Waals surface area (Å²) in [5, 5.41) is 0. The molecule has 1 heterocycles. The van der Waals surface area contributed by atoms with Gasteiger partial charge in [-0.1, -0.05) is 25.7 Å². The molecule has 1 saturated heterocycles. The summed E-state index contributed by atoms with van der Waals surface area (Å²) in [5.74, 6) is 1.45. The SMILES string of the molecule is O=C1CCC[C@@H]2O[C@@H]2[C@@H]2CCCCCC[C@H]12. The Hall–Kier alpha value is -0.370. The maximum Gasteiger partial charge on any atom is 0.136 e. The number of epoxide rings is 1. The van der Waals surface area contributed by atoms with Gasteiger partial charge in [-0.2, -0.15) is 0 Å². The van der Waals surface area contributed by atoms with Crippen LogP contribution < -0.4 is 0 Å². The van der Waals surface area contributed by atoms with Crippen molar-refractivity contribution in [2.24, 2.45) is 11.8 Å². The first-order valence-electron chi connectivity index (χ1n) is 7.04. The Kier molecular flexibility index (Phi) is 3.01. The molecule has 3 rings (SSSR count). The summed E-state index contributed by atoms with van der Waals surface area (Å²) < 4.78 is 5.80. The second-order valence-electron chi connectivity index (χ2n) is 5.76. The van der Waals surface area contributed by atoms with E-state index >= 15 is 0 Å². The maximum absolute atomic E-state index is 12.2. The lowest BCUT2D eigenvalue weighted by Gasteiger charge is -2.28. The van der Waals surface area contributed by atoms with Crippen LogP contribution in [-0.4, -0.2) is 18.0 Å². The monoisotopic (exact) mass is 222 g/mol. The molecule has 2 saturated carbocycles. The van der Waals surface area contributed by atoms with Crippen molar-refractivity contribution in [3.63, 3.8) is 0 Å². The first-order valence-corrected chi connectivity index (χ1v) is 7.04. The lowest BCUT2D eigenvalue weighted by molar-refractivity contribution is -0.125. The number of carbonyl (C=O) groups excluding carboxylic acids is 1. The molecule has 2 aliphatic carbocycles. The second-order valence-corrected chi connectivity index (χ2v) is 5.76. The molecule has 0 N–H and O–H groups in total. The van der Waals surface area contributed by atoms with E-state index in [4.69, 9.17) is 4.74 Å². The minimum absolute atomic E-state index is 0.343. The Bertz CT molecular complexity index is 274. The summed E-state index contributed by atoms with van der Waals surface area (Å²) >= 11 is 0. The van der Waals surface area contributed by atoms with Crippen molar-refractivity contribution in [3.8, 4) is 0 Å². The molecule has 3 aliphatic rings. The molecule has 0 aromatic rings. The standard InChI is InChI=1S/C14H22O2/c15-12-8-5-9-13-14(16-13)11-7-4-2-1-3-6-10(11)12/h10-11,13-14H,1-9H2/t10-,11+,13-,14+/m0/s1. The Balaban J connectivity index is 1.76. The molecular weight excluding hydrogens is 200 g/mol. The van der Waals surface area contributed by atoms with Crippen LogP contribution in [0, 0.1) is 11.8 Å². The van der Waals surface area contributed by atoms with E-state index in [1.807, 2.05) is 0 Å². The quantitative estimate of drug-likeness (QED) is 0.589. The molecular formula is C14H22O2. The van der Waals surface area contributed by atoms with Crippen LogP contribution in [0.3, 0.4) is 0 Å². The molecule has 90 valence electrons. The molecule has 0 spiro atoms. The molecule has 2 heteroatoms. The van der Waals surface area contributed by atoms with E-state index in [1.54, 1.807) is 0 Å². The van der Waals surface area contributed by atoms with E-state index in [0.29, 0.717) is 29.8 Å². The zero-order valence-corrected chi connectivity index (χ0v) is 9.99. The summed E-state index contributed by atoms with van der Waals surface area (Å²) in [5.41, 5.74) is 0. The van der Waals surface area contributed by atoms with Crippen LogP contribution in [-0.2, 0) is 9.53 Å². The number of Topliss-reactive ketones (excluding diaryl/α,β-unsaturated/α-hetero) is 1. The number of rotatable bonds is 0. The Morgan fingerprint density at radius 1 is 0.938 bits per heavy atom. The van der Waals surface area contributed by atoms with Crippen molar-refractivity contribution in [2.45, 2.75) is 70.0 Å². The summed E-state index contributed by atoms with van der Waals surface area (Å²) in [6, 6.07) is 0. The van der Waals surface area contributed by atoms with E-state index in [0.717, 1.165) is 25.7 Å². The van der Waals surface area contributed by atoms with Gasteiger partial charge in [0, 0.05) is 12.3 Å². The highest BCUT2D eigenvalue weighted by molar-refractivity contribution is 5.81. The van der Waals surface area contributed by atoms with Crippen molar-refractivity contribution in [3.05, 3.63) is 0 Å². The molecule has 0 amide bonds. The van der Waals surface area contributed by atoms with E-state index in [1.165, 1.54) is 32.1 Å². The molecule has 0 radical (unpaired) electrons. The van der Waals surface area contributed by atoms with E-state index in [2.05, 4.69) is 0 Å². The highest BCUT2D eigenvalue weighted by Gasteiger charge is 2.49. The van der Waals surface area contributed by atoms with Crippen LogP contribution in [0.2, 0.25) is 0 Å². The second kappa shape index (κ2) is 4.48. The van der Waals surface area contributed by atoms with Crippen molar-refractivity contribution in [1.82, 2.24) is 0 Å². The third-order valence-electron chi connectivity index (χ3n) is 4.69. The predicted octanol–water partition coefficient (Wildman–Crippen LogP) is 3.09. The van der Waals surface area contributed by atoms with Gasteiger partial charge in [-0.15, -0.1) is 0 Å². The highest BCUT2D eigenvalue weighted by Crippen LogP contribution is 2.44. The number of ether oxygens (including phenoxy) is 1. The third kappa shape index (κ3) is 2.04. The van der Waals surface area contributed by atoms with Gasteiger partial charge in [0.15, 0.2) is 0 Å². The van der Waals surface area contributed by atoms with Crippen LogP contribution in [0.4, 0.5) is 0 Å². The molecule has 16 heavy (non-hydrogen) atoms. The van der Waals surface area contributed by atoms with Gasteiger partial charge in [0.2, 0.25) is 0 Å². The molecule has 1 aliphatic heterocycles. The first kappa shape index (κ1) is 10.8. The maximum atomic E-state index is 12.2. The van der Waals surface area contributed by atoms with Crippen molar-refractivity contribution in [2.75, 3.05) is 0 Å². The van der Waals surface area contributed by atoms with Crippen LogP contribution in [0.15, 0.2) is 0 Å². The normalized spacial score (nSPS) is 44.4. The van der Waals surface area contributed by atoms with Gasteiger partial charge in [0.05, 0.1) is 12.2 Å². The largest absolute Gasteiger partial charge is 0.369 e. The number of hydrogen-bond donors (Lipinski definition) is 0. The number of carbonyl (C=O) groups is 1. The average Bonchev–Trinajstić information content (AvgIpc) is 2.95. The van der Waals surface area contributed by atoms with Crippen LogP contribution >= 0.6 is 0 Å². The topological polar surface area (TPSA) is 29.6 Å². The first-order chi connectivity index (χ1) is 7.86. The molecule has 0 aromatic carbocycles. The molecule has 2 nitrogen and oxygen atoms in total. The minimum Gasteiger partial charge on any atom is -0.369 e. The Morgan fingerprint density at radius 2 is 1.75 bits per heavy atom. The van der Waals surface area contributed by atoms with Gasteiger partial charge in [0.25, 0.3) is 0 Å². The van der Waals surface area contributed by atoms with Crippen molar-refractivity contribution >= 4 is 5.78 Å². The van der Waals surface area contributed by atoms with Gasteiger partial charge >= 0.3 is 0 Å². The smallest absolute Gasteiger partial charge is 0.136 e. The number of hydrogen-bond acceptors (Lipinski definition) is 2. The summed E-state index contributed by atoms with van der Waals surface area (Å²) in [6.45, 7) is 0. The van der Waals surface area contributed by atoms with Gasteiger partial charge in [-0.3, -0.25) is 4.79 Å². The molecule has 3 fully saturated rings. The number of ketones is 1. The fraction of sp³-hybridized carbons (Fsp3) is 0.929. The van der Waals surface area contributed by atoms with Gasteiger partial charge in [-0.25, -0.2) is 0 Å². The fourth-order valence-corrected chi connectivity index (χ4v) is 3.73. The molecule has 0 bridgehead atoms. The van der Waals surface area contributed by atoms with E-state index in [-0.39, 0.29) is 0 Å².